The van der Waals surface area contributed by atoms with Crippen LogP contribution in [0.15, 0.2) is 30.3 Å². The van der Waals surface area contributed by atoms with Crippen LogP contribution in [0.3, 0.4) is 0 Å². The first-order chi connectivity index (χ1) is 11.7. The molecule has 3 atom stereocenters. The molecule has 24 heavy (non-hydrogen) atoms. The van der Waals surface area contributed by atoms with Crippen LogP contribution in [-0.4, -0.2) is 42.3 Å². The van der Waals surface area contributed by atoms with E-state index in [2.05, 4.69) is 41.8 Å². The number of benzene rings is 1. The number of thioether (sulfide) groups is 1. The van der Waals surface area contributed by atoms with Crippen LogP contribution in [-0.2, 0) is 4.74 Å². The van der Waals surface area contributed by atoms with Gasteiger partial charge in [0.2, 0.25) is 0 Å². The molecule has 0 aromatic heterocycles. The zero-order valence-corrected chi connectivity index (χ0v) is 15.2. The highest BCUT2D eigenvalue weighted by atomic mass is 32.2. The maximum absolute atomic E-state index is 12.2. The van der Waals surface area contributed by atoms with Crippen LogP contribution < -0.4 is 10.6 Å². The van der Waals surface area contributed by atoms with Gasteiger partial charge in [0.25, 0.3) is 0 Å². The van der Waals surface area contributed by atoms with Crippen molar-refractivity contribution in [1.82, 2.24) is 10.6 Å². The molecule has 4 nitrogen and oxygen atoms in total. The van der Waals surface area contributed by atoms with Crippen molar-refractivity contribution in [3.8, 4) is 0 Å². The van der Waals surface area contributed by atoms with E-state index in [0.29, 0.717) is 12.5 Å². The molecule has 1 spiro atoms. The number of amides is 2. The van der Waals surface area contributed by atoms with E-state index in [1.807, 2.05) is 17.8 Å². The minimum Gasteiger partial charge on any atom is -0.374 e. The van der Waals surface area contributed by atoms with Crippen LogP contribution in [0.4, 0.5) is 4.79 Å². The zero-order chi connectivity index (χ0) is 16.8. The van der Waals surface area contributed by atoms with Crippen molar-refractivity contribution in [2.45, 2.75) is 50.2 Å². The van der Waals surface area contributed by atoms with Gasteiger partial charge in [0, 0.05) is 24.9 Å². The van der Waals surface area contributed by atoms with E-state index in [4.69, 9.17) is 4.74 Å². The van der Waals surface area contributed by atoms with Crippen LogP contribution >= 0.6 is 11.8 Å². The first-order valence-electron chi connectivity index (χ1n) is 8.98. The molecule has 2 aliphatic rings. The molecule has 0 radical (unpaired) electrons. The molecule has 0 bridgehead atoms. The minimum absolute atomic E-state index is 0.0166. The summed E-state index contributed by atoms with van der Waals surface area (Å²) in [6, 6.07) is 10.7. The van der Waals surface area contributed by atoms with Gasteiger partial charge >= 0.3 is 6.03 Å². The van der Waals surface area contributed by atoms with Gasteiger partial charge in [0.15, 0.2) is 0 Å². The first kappa shape index (κ1) is 17.6. The Kier molecular flexibility index (Phi) is 6.06. The number of carbonyl (C=O) groups excluding carboxylic acids is 1. The highest BCUT2D eigenvalue weighted by Gasteiger charge is 2.40. The quantitative estimate of drug-likeness (QED) is 0.856. The molecular formula is C19H28N2O2S. The molecule has 2 fully saturated rings. The molecular weight excluding hydrogens is 320 g/mol. The van der Waals surface area contributed by atoms with Crippen molar-refractivity contribution >= 4 is 17.8 Å². The molecule has 2 N–H and O–H groups in total. The Morgan fingerprint density at radius 1 is 1.42 bits per heavy atom. The third-order valence-corrected chi connectivity index (χ3v) is 6.35. The van der Waals surface area contributed by atoms with E-state index in [9.17, 15) is 4.79 Å². The maximum atomic E-state index is 12.2. The van der Waals surface area contributed by atoms with E-state index in [1.165, 1.54) is 11.3 Å². The van der Waals surface area contributed by atoms with Crippen LogP contribution in [0, 0.1) is 0 Å². The van der Waals surface area contributed by atoms with Gasteiger partial charge in [-0.3, -0.25) is 0 Å². The minimum atomic E-state index is -0.0389. The van der Waals surface area contributed by atoms with Gasteiger partial charge in [-0.2, -0.15) is 11.8 Å². The molecule has 2 saturated heterocycles. The fraction of sp³-hybridized carbons (Fsp3) is 0.632. The van der Waals surface area contributed by atoms with Crippen LogP contribution in [0.5, 0.6) is 0 Å². The number of hydrogen-bond donors (Lipinski definition) is 2. The van der Waals surface area contributed by atoms with Gasteiger partial charge in [0.1, 0.15) is 0 Å². The summed E-state index contributed by atoms with van der Waals surface area (Å²) in [5.41, 5.74) is 1.34. The molecule has 0 saturated carbocycles. The summed E-state index contributed by atoms with van der Waals surface area (Å²) < 4.78 is 6.01. The number of carbonyl (C=O) groups is 1. The summed E-state index contributed by atoms with van der Waals surface area (Å²) in [5.74, 6) is 2.70. The molecule has 2 heterocycles. The van der Waals surface area contributed by atoms with Gasteiger partial charge in [-0.15, -0.1) is 0 Å². The van der Waals surface area contributed by atoms with Crippen molar-refractivity contribution in [2.75, 3.05) is 24.7 Å². The van der Waals surface area contributed by atoms with Gasteiger partial charge in [-0.1, -0.05) is 37.3 Å². The topological polar surface area (TPSA) is 50.4 Å². The highest BCUT2D eigenvalue weighted by Crippen LogP contribution is 2.38. The lowest BCUT2D eigenvalue weighted by atomic mass is 9.90. The lowest BCUT2D eigenvalue weighted by molar-refractivity contribution is -0.0684. The summed E-state index contributed by atoms with van der Waals surface area (Å²) >= 11 is 1.96. The second-order valence-corrected chi connectivity index (χ2v) is 8.13. The zero-order valence-electron chi connectivity index (χ0n) is 14.4. The normalized spacial score (nSPS) is 27.8. The van der Waals surface area contributed by atoms with Crippen LogP contribution in [0.1, 0.15) is 44.1 Å². The molecule has 0 aliphatic carbocycles. The average molecular weight is 349 g/mol. The summed E-state index contributed by atoms with van der Waals surface area (Å²) in [6.45, 7) is 3.66. The Bertz CT molecular complexity index is 531. The van der Waals surface area contributed by atoms with E-state index < -0.39 is 0 Å². The van der Waals surface area contributed by atoms with Crippen molar-refractivity contribution < 1.29 is 9.53 Å². The molecule has 2 amide bonds. The van der Waals surface area contributed by atoms with E-state index in [1.54, 1.807) is 0 Å². The molecule has 2 aliphatic heterocycles. The van der Waals surface area contributed by atoms with Gasteiger partial charge < -0.3 is 15.4 Å². The number of hydrogen-bond acceptors (Lipinski definition) is 3. The second-order valence-electron chi connectivity index (χ2n) is 7.02. The van der Waals surface area contributed by atoms with Crippen LogP contribution in [0.25, 0.3) is 0 Å². The van der Waals surface area contributed by atoms with Crippen molar-refractivity contribution in [2.24, 2.45) is 0 Å². The molecule has 0 unspecified atom stereocenters. The van der Waals surface area contributed by atoms with Crippen molar-refractivity contribution in [3.05, 3.63) is 35.9 Å². The largest absolute Gasteiger partial charge is 0.374 e. The van der Waals surface area contributed by atoms with E-state index in [-0.39, 0.29) is 17.7 Å². The summed E-state index contributed by atoms with van der Waals surface area (Å²) in [6.07, 6.45) is 3.94. The SMILES string of the molecule is C[C@H](CCNC(=O)N[C@@H]1CCO[C@@]2(CCSC2)C1)c1ccccc1. The van der Waals surface area contributed by atoms with Gasteiger partial charge in [-0.25, -0.2) is 4.79 Å². The first-order valence-corrected chi connectivity index (χ1v) is 10.1. The second kappa shape index (κ2) is 8.26. The fourth-order valence-electron chi connectivity index (χ4n) is 3.60. The smallest absolute Gasteiger partial charge is 0.315 e. The van der Waals surface area contributed by atoms with E-state index >= 15 is 0 Å². The van der Waals surface area contributed by atoms with E-state index in [0.717, 1.165) is 38.0 Å². The predicted molar refractivity (Wildman–Crippen MR) is 99.7 cm³/mol. The number of rotatable bonds is 5. The summed E-state index contributed by atoms with van der Waals surface area (Å²) in [5, 5.41) is 6.16. The number of nitrogens with one attached hydrogen (secondary N) is 2. The van der Waals surface area contributed by atoms with Crippen LogP contribution in [0.2, 0.25) is 0 Å². The lowest BCUT2D eigenvalue weighted by Gasteiger charge is -2.38. The molecule has 1 aromatic carbocycles. The standard InChI is InChI=1S/C19H28N2O2S/c1-15(16-5-3-2-4-6-16)7-10-20-18(22)21-17-8-11-23-19(13-17)9-12-24-14-19/h2-6,15,17H,7-14H2,1H3,(H2,20,21,22)/t15-,17-,19+/m1/s1. The van der Waals surface area contributed by atoms with Crippen molar-refractivity contribution in [3.63, 3.8) is 0 Å². The monoisotopic (exact) mass is 348 g/mol. The number of urea groups is 1. The molecule has 1 aromatic rings. The molecule has 132 valence electrons. The maximum Gasteiger partial charge on any atom is 0.315 e. The fourth-order valence-corrected chi connectivity index (χ4v) is 4.98. The average Bonchev–Trinajstić information content (AvgIpc) is 3.03. The van der Waals surface area contributed by atoms with Gasteiger partial charge in [0.05, 0.1) is 5.60 Å². The van der Waals surface area contributed by atoms with Gasteiger partial charge in [-0.05, 0) is 42.9 Å². The highest BCUT2D eigenvalue weighted by molar-refractivity contribution is 7.99. The summed E-state index contributed by atoms with van der Waals surface area (Å²) in [4.78, 5) is 12.2. The Labute approximate surface area is 149 Å². The van der Waals surface area contributed by atoms with Crippen molar-refractivity contribution in [1.29, 1.82) is 0 Å². The Morgan fingerprint density at radius 3 is 3.00 bits per heavy atom. The predicted octanol–water partition coefficient (Wildman–Crippen LogP) is 3.53. The Morgan fingerprint density at radius 2 is 2.25 bits per heavy atom. The Hall–Kier alpha value is -1.20. The third kappa shape index (κ3) is 4.67. The molecule has 3 rings (SSSR count). The molecule has 5 heteroatoms. The number of ether oxygens (including phenoxy) is 1. The Balaban J connectivity index is 1.38. The third-order valence-electron chi connectivity index (χ3n) is 5.13. The lowest BCUT2D eigenvalue weighted by Crippen LogP contribution is -2.51. The summed E-state index contributed by atoms with van der Waals surface area (Å²) in [7, 11) is 0.